The van der Waals surface area contributed by atoms with Gasteiger partial charge in [0, 0.05) is 6.54 Å². The van der Waals surface area contributed by atoms with Crippen molar-refractivity contribution >= 4 is 37.7 Å². The number of anilines is 1. The molecule has 2 aromatic carbocycles. The minimum Gasteiger partial charge on any atom is -0.355 e. The maximum absolute atomic E-state index is 12.8. The lowest BCUT2D eigenvalue weighted by Crippen LogP contribution is -2.48. The van der Waals surface area contributed by atoms with Crippen LogP contribution in [0, 0.1) is 0 Å². The Balaban J connectivity index is 1.78. The first-order chi connectivity index (χ1) is 16.1. The number of hydrogen-bond acceptors (Lipinski definition) is 6. The molecule has 1 aliphatic rings. The van der Waals surface area contributed by atoms with Gasteiger partial charge in [0.1, 0.15) is 12.6 Å². The van der Waals surface area contributed by atoms with Crippen molar-refractivity contribution in [1.29, 1.82) is 0 Å². The van der Waals surface area contributed by atoms with Crippen LogP contribution >= 0.6 is 0 Å². The van der Waals surface area contributed by atoms with Gasteiger partial charge in [0.05, 0.1) is 10.6 Å². The van der Waals surface area contributed by atoms with E-state index in [-0.39, 0.29) is 23.5 Å². The summed E-state index contributed by atoms with van der Waals surface area (Å²) in [4.78, 5) is 24.4. The summed E-state index contributed by atoms with van der Waals surface area (Å²) in [7, 11) is -7.88. The van der Waals surface area contributed by atoms with Crippen LogP contribution in [0.15, 0.2) is 59.5 Å². The van der Waals surface area contributed by atoms with Gasteiger partial charge in [-0.15, -0.1) is 0 Å². The SMILES string of the molecule is CCCCCNC(=O)C(Cc1ccc(N2CC(=O)NS2(=O)=O)cc1)NS(=O)(=O)c1ccccc1. The molecule has 3 N–H and O–H groups in total. The van der Waals surface area contributed by atoms with Crippen molar-refractivity contribution in [3.8, 4) is 0 Å². The van der Waals surface area contributed by atoms with Gasteiger partial charge < -0.3 is 5.32 Å². The zero-order valence-corrected chi connectivity index (χ0v) is 20.4. The Morgan fingerprint density at radius 2 is 1.76 bits per heavy atom. The normalized spacial score (nSPS) is 16.1. The van der Waals surface area contributed by atoms with Crippen molar-refractivity contribution in [2.75, 3.05) is 17.4 Å². The monoisotopic (exact) mass is 508 g/mol. The number of nitrogens with zero attached hydrogens (tertiary/aromatic N) is 1. The van der Waals surface area contributed by atoms with Gasteiger partial charge in [0.25, 0.3) is 5.91 Å². The number of amides is 2. The molecule has 0 aliphatic carbocycles. The molecule has 2 aromatic rings. The number of hydrogen-bond donors (Lipinski definition) is 3. The summed E-state index contributed by atoms with van der Waals surface area (Å²) < 4.78 is 55.1. The van der Waals surface area contributed by atoms with E-state index >= 15 is 0 Å². The Kier molecular flexibility index (Phi) is 8.28. The van der Waals surface area contributed by atoms with Crippen LogP contribution in [0.25, 0.3) is 0 Å². The largest absolute Gasteiger partial charge is 0.355 e. The summed E-state index contributed by atoms with van der Waals surface area (Å²) in [6.45, 7) is 2.16. The lowest BCUT2D eigenvalue weighted by atomic mass is 10.1. The lowest BCUT2D eigenvalue weighted by Gasteiger charge is -2.20. The molecular formula is C22H28N4O6S2. The second-order valence-corrected chi connectivity index (χ2v) is 11.2. The fourth-order valence-electron chi connectivity index (χ4n) is 3.46. The highest BCUT2D eigenvalue weighted by molar-refractivity contribution is 7.92. The van der Waals surface area contributed by atoms with E-state index < -0.39 is 38.1 Å². The first kappa shape index (κ1) is 25.7. The topological polar surface area (TPSA) is 142 Å². The second kappa shape index (κ2) is 11.0. The van der Waals surface area contributed by atoms with Gasteiger partial charge in [-0.2, -0.15) is 13.1 Å². The average Bonchev–Trinajstić information content (AvgIpc) is 3.09. The number of rotatable bonds is 11. The van der Waals surface area contributed by atoms with E-state index in [9.17, 15) is 26.4 Å². The maximum atomic E-state index is 12.8. The predicted molar refractivity (Wildman–Crippen MR) is 128 cm³/mol. The standard InChI is InChI=1S/C22H28N4O6S2/c1-2-3-7-14-23-22(28)20(24-33(29,30)19-8-5-4-6-9-19)15-17-10-12-18(13-11-17)26-16-21(27)25-34(26,31)32/h4-6,8-13,20,24H,2-3,7,14-16H2,1H3,(H,23,28)(H,25,27). The molecule has 1 fully saturated rings. The minimum atomic E-state index is -3.95. The Hall–Kier alpha value is -2.96. The molecule has 0 saturated carbocycles. The molecule has 0 aromatic heterocycles. The van der Waals surface area contributed by atoms with E-state index in [0.717, 1.165) is 23.6 Å². The third kappa shape index (κ3) is 6.55. The van der Waals surface area contributed by atoms with Crippen molar-refractivity contribution in [3.63, 3.8) is 0 Å². The molecule has 3 rings (SSSR count). The number of carbonyl (C=O) groups is 2. The second-order valence-electron chi connectivity index (χ2n) is 7.89. The number of sulfonamides is 1. The van der Waals surface area contributed by atoms with Crippen LogP contribution in [-0.2, 0) is 36.2 Å². The molecule has 1 saturated heterocycles. The number of nitrogens with one attached hydrogen (secondary N) is 3. The molecule has 1 unspecified atom stereocenters. The van der Waals surface area contributed by atoms with Crippen LogP contribution in [0.2, 0.25) is 0 Å². The summed E-state index contributed by atoms with van der Waals surface area (Å²) in [5.41, 5.74) is 0.900. The highest BCUT2D eigenvalue weighted by Crippen LogP contribution is 2.21. The van der Waals surface area contributed by atoms with Crippen molar-refractivity contribution in [1.82, 2.24) is 14.8 Å². The van der Waals surface area contributed by atoms with Crippen LogP contribution in [0.3, 0.4) is 0 Å². The molecule has 0 radical (unpaired) electrons. The first-order valence-corrected chi connectivity index (χ1v) is 13.8. The van der Waals surface area contributed by atoms with Gasteiger partial charge in [0.2, 0.25) is 15.9 Å². The zero-order valence-electron chi connectivity index (χ0n) is 18.7. The van der Waals surface area contributed by atoms with Crippen molar-refractivity contribution < 1.29 is 26.4 Å². The van der Waals surface area contributed by atoms with Gasteiger partial charge in [-0.1, -0.05) is 50.1 Å². The molecule has 2 amide bonds. The van der Waals surface area contributed by atoms with Gasteiger partial charge in [-0.25, -0.2) is 17.4 Å². The molecule has 10 nitrogen and oxygen atoms in total. The molecule has 1 heterocycles. The highest BCUT2D eigenvalue weighted by Gasteiger charge is 2.34. The van der Waals surface area contributed by atoms with Crippen LogP contribution in [0.5, 0.6) is 0 Å². The first-order valence-electron chi connectivity index (χ1n) is 10.9. The smallest absolute Gasteiger partial charge is 0.326 e. The van der Waals surface area contributed by atoms with Crippen molar-refractivity contribution in [2.24, 2.45) is 0 Å². The Morgan fingerprint density at radius 3 is 2.35 bits per heavy atom. The summed E-state index contributed by atoms with van der Waals surface area (Å²) in [6, 6.07) is 12.9. The van der Waals surface area contributed by atoms with Crippen molar-refractivity contribution in [2.45, 2.75) is 43.5 Å². The van der Waals surface area contributed by atoms with E-state index in [1.54, 1.807) is 30.3 Å². The van der Waals surface area contributed by atoms with Gasteiger partial charge in [-0.05, 0) is 42.7 Å². The summed E-state index contributed by atoms with van der Waals surface area (Å²) >= 11 is 0. The third-order valence-electron chi connectivity index (χ3n) is 5.23. The fraction of sp³-hybridized carbons (Fsp3) is 0.364. The molecule has 12 heteroatoms. The predicted octanol–water partition coefficient (Wildman–Crippen LogP) is 1.06. The quantitative estimate of drug-likeness (QED) is 0.388. The van der Waals surface area contributed by atoms with Crippen LogP contribution in [0.1, 0.15) is 31.7 Å². The molecular weight excluding hydrogens is 480 g/mol. The minimum absolute atomic E-state index is 0.0468. The van der Waals surface area contributed by atoms with E-state index in [1.165, 1.54) is 24.3 Å². The maximum Gasteiger partial charge on any atom is 0.326 e. The molecule has 34 heavy (non-hydrogen) atoms. The van der Waals surface area contributed by atoms with E-state index in [0.29, 0.717) is 12.1 Å². The van der Waals surface area contributed by atoms with Crippen LogP contribution in [0.4, 0.5) is 5.69 Å². The summed E-state index contributed by atoms with van der Waals surface area (Å²) in [5, 5.41) is 2.78. The molecule has 0 spiro atoms. The number of benzene rings is 2. The lowest BCUT2D eigenvalue weighted by molar-refractivity contribution is -0.122. The Labute approximate surface area is 200 Å². The van der Waals surface area contributed by atoms with E-state index in [4.69, 9.17) is 0 Å². The third-order valence-corrected chi connectivity index (χ3v) is 8.12. The van der Waals surface area contributed by atoms with Crippen LogP contribution < -0.4 is 19.1 Å². The van der Waals surface area contributed by atoms with Gasteiger partial charge in [0.15, 0.2) is 0 Å². The molecule has 0 bridgehead atoms. The Bertz CT molecular complexity index is 1220. The molecule has 184 valence electrons. The van der Waals surface area contributed by atoms with E-state index in [1.807, 2.05) is 11.6 Å². The molecule has 1 aliphatic heterocycles. The number of unbranched alkanes of at least 4 members (excludes halogenated alkanes) is 2. The van der Waals surface area contributed by atoms with E-state index in [2.05, 4.69) is 10.0 Å². The number of carbonyl (C=O) groups excluding carboxylic acids is 2. The van der Waals surface area contributed by atoms with Gasteiger partial charge >= 0.3 is 10.2 Å². The average molecular weight is 509 g/mol. The van der Waals surface area contributed by atoms with Crippen LogP contribution in [-0.4, -0.2) is 47.8 Å². The highest BCUT2D eigenvalue weighted by atomic mass is 32.2. The molecule has 1 atom stereocenters. The Morgan fingerprint density at radius 1 is 1.09 bits per heavy atom. The fourth-order valence-corrected chi connectivity index (χ4v) is 5.83. The summed E-state index contributed by atoms with van der Waals surface area (Å²) in [5.74, 6) is -1.07. The van der Waals surface area contributed by atoms with Crippen molar-refractivity contribution in [3.05, 3.63) is 60.2 Å². The summed E-state index contributed by atoms with van der Waals surface area (Å²) in [6.07, 6.45) is 2.76. The zero-order chi connectivity index (χ0) is 24.8. The van der Waals surface area contributed by atoms with Gasteiger partial charge in [-0.3, -0.25) is 9.59 Å².